The molecule has 0 aliphatic carbocycles. The largest absolute Gasteiger partial charge is 0.324 e. The maximum absolute atomic E-state index is 11.6. The van der Waals surface area contributed by atoms with Gasteiger partial charge < -0.3 is 5.32 Å². The molecular weight excluding hydrogens is 238 g/mol. The molecule has 96 valence electrons. The van der Waals surface area contributed by atoms with Crippen LogP contribution in [0.25, 0.3) is 6.08 Å². The molecule has 19 heavy (non-hydrogen) atoms. The van der Waals surface area contributed by atoms with Crippen LogP contribution in [-0.2, 0) is 0 Å². The van der Waals surface area contributed by atoms with E-state index in [1.807, 2.05) is 43.3 Å². The number of aromatic nitrogens is 1. The number of aryl methyl sites for hydroxylation is 1. The van der Waals surface area contributed by atoms with Crippen LogP contribution in [0.3, 0.4) is 0 Å². The summed E-state index contributed by atoms with van der Waals surface area (Å²) in [4.78, 5) is 15.6. The van der Waals surface area contributed by atoms with Crippen LogP contribution in [0.1, 0.15) is 11.1 Å². The normalized spacial score (nSPS) is 10.4. The highest BCUT2D eigenvalue weighted by molar-refractivity contribution is 5.89. The van der Waals surface area contributed by atoms with Crippen LogP contribution in [0.15, 0.2) is 54.9 Å². The summed E-state index contributed by atoms with van der Waals surface area (Å²) in [5, 5.41) is 5.26. The first-order chi connectivity index (χ1) is 9.24. The molecule has 1 aromatic carbocycles. The number of carbonyl (C=O) groups is 1. The van der Waals surface area contributed by atoms with E-state index < -0.39 is 0 Å². The molecule has 4 heteroatoms. The van der Waals surface area contributed by atoms with E-state index in [2.05, 4.69) is 15.6 Å². The molecule has 0 aliphatic rings. The number of nitrogens with one attached hydrogen (secondary N) is 2. The Morgan fingerprint density at radius 1 is 1.21 bits per heavy atom. The molecular formula is C15H15N3O. The first kappa shape index (κ1) is 12.8. The van der Waals surface area contributed by atoms with Crippen molar-refractivity contribution in [2.75, 3.05) is 5.32 Å². The molecule has 0 fully saturated rings. The van der Waals surface area contributed by atoms with Gasteiger partial charge in [-0.05, 0) is 30.7 Å². The SMILES string of the molecule is Cc1cccc(/C=C/NC(=O)Nc2ccccn2)c1. The van der Waals surface area contributed by atoms with E-state index in [0.717, 1.165) is 5.56 Å². The second-order valence-electron chi connectivity index (χ2n) is 4.06. The van der Waals surface area contributed by atoms with Gasteiger partial charge in [0.15, 0.2) is 0 Å². The lowest BCUT2D eigenvalue weighted by atomic mass is 10.1. The van der Waals surface area contributed by atoms with Gasteiger partial charge in [0.1, 0.15) is 5.82 Å². The molecule has 0 atom stereocenters. The van der Waals surface area contributed by atoms with Crippen molar-refractivity contribution in [2.24, 2.45) is 0 Å². The predicted octanol–water partition coefficient (Wildman–Crippen LogP) is 3.18. The van der Waals surface area contributed by atoms with Crippen molar-refractivity contribution in [3.8, 4) is 0 Å². The van der Waals surface area contributed by atoms with Crippen molar-refractivity contribution in [3.05, 3.63) is 66.0 Å². The van der Waals surface area contributed by atoms with Gasteiger partial charge >= 0.3 is 6.03 Å². The minimum Gasteiger partial charge on any atom is -0.314 e. The Kier molecular flexibility index (Phi) is 4.29. The summed E-state index contributed by atoms with van der Waals surface area (Å²) < 4.78 is 0. The van der Waals surface area contributed by atoms with Crippen LogP contribution in [0.5, 0.6) is 0 Å². The molecule has 2 rings (SSSR count). The summed E-state index contributed by atoms with van der Waals surface area (Å²) in [5.74, 6) is 0.518. The average molecular weight is 253 g/mol. The van der Waals surface area contributed by atoms with E-state index in [0.29, 0.717) is 5.82 Å². The summed E-state index contributed by atoms with van der Waals surface area (Å²) >= 11 is 0. The Labute approximate surface area is 112 Å². The Morgan fingerprint density at radius 2 is 2.11 bits per heavy atom. The van der Waals surface area contributed by atoms with Gasteiger partial charge in [-0.3, -0.25) is 5.32 Å². The summed E-state index contributed by atoms with van der Waals surface area (Å²) in [6.45, 7) is 2.03. The third kappa shape index (κ3) is 4.27. The second-order valence-corrected chi connectivity index (χ2v) is 4.06. The van der Waals surface area contributed by atoms with Gasteiger partial charge in [-0.1, -0.05) is 35.9 Å². The molecule has 2 amide bonds. The lowest BCUT2D eigenvalue weighted by Crippen LogP contribution is -2.24. The minimum absolute atomic E-state index is 0.317. The molecule has 0 bridgehead atoms. The quantitative estimate of drug-likeness (QED) is 0.882. The predicted molar refractivity (Wildman–Crippen MR) is 76.6 cm³/mol. The molecule has 2 aromatic rings. The minimum atomic E-state index is -0.317. The fourth-order valence-electron chi connectivity index (χ4n) is 1.58. The first-order valence-electron chi connectivity index (χ1n) is 5.96. The van der Waals surface area contributed by atoms with E-state index in [-0.39, 0.29) is 6.03 Å². The highest BCUT2D eigenvalue weighted by Gasteiger charge is 1.98. The molecule has 0 aliphatic heterocycles. The molecule has 0 unspecified atom stereocenters. The summed E-state index contributed by atoms with van der Waals surface area (Å²) in [6.07, 6.45) is 5.07. The van der Waals surface area contributed by atoms with Gasteiger partial charge in [0.2, 0.25) is 0 Å². The van der Waals surface area contributed by atoms with Gasteiger partial charge in [-0.2, -0.15) is 0 Å². The van der Waals surface area contributed by atoms with Crippen molar-refractivity contribution < 1.29 is 4.79 Å². The molecule has 0 spiro atoms. The van der Waals surface area contributed by atoms with E-state index in [9.17, 15) is 4.79 Å². The molecule has 1 heterocycles. The maximum Gasteiger partial charge on any atom is 0.324 e. The zero-order chi connectivity index (χ0) is 13.5. The van der Waals surface area contributed by atoms with E-state index in [1.54, 1.807) is 24.5 Å². The topological polar surface area (TPSA) is 54.0 Å². The molecule has 4 nitrogen and oxygen atoms in total. The standard InChI is InChI=1S/C15H15N3O/c1-12-5-4-6-13(11-12)8-10-17-15(19)18-14-7-2-3-9-16-14/h2-11H,1H3,(H2,16,17,18,19)/b10-8+. The lowest BCUT2D eigenvalue weighted by Gasteiger charge is -2.02. The lowest BCUT2D eigenvalue weighted by molar-refractivity contribution is 0.255. The zero-order valence-electron chi connectivity index (χ0n) is 10.6. The van der Waals surface area contributed by atoms with Gasteiger partial charge in [0.05, 0.1) is 0 Å². The number of pyridine rings is 1. The van der Waals surface area contributed by atoms with Crippen LogP contribution < -0.4 is 10.6 Å². The summed E-state index contributed by atoms with van der Waals surface area (Å²) in [5.41, 5.74) is 2.22. The average Bonchev–Trinajstić information content (AvgIpc) is 2.40. The third-order valence-corrected chi connectivity index (χ3v) is 2.44. The third-order valence-electron chi connectivity index (χ3n) is 2.44. The first-order valence-corrected chi connectivity index (χ1v) is 5.96. The number of amides is 2. The van der Waals surface area contributed by atoms with Crippen LogP contribution in [-0.4, -0.2) is 11.0 Å². The molecule has 0 radical (unpaired) electrons. The fourth-order valence-corrected chi connectivity index (χ4v) is 1.58. The number of anilines is 1. The van der Waals surface area contributed by atoms with Gasteiger partial charge in [0.25, 0.3) is 0 Å². The monoisotopic (exact) mass is 253 g/mol. The van der Waals surface area contributed by atoms with Crippen molar-refractivity contribution >= 4 is 17.9 Å². The molecule has 0 saturated heterocycles. The van der Waals surface area contributed by atoms with Crippen molar-refractivity contribution in [3.63, 3.8) is 0 Å². The highest BCUT2D eigenvalue weighted by Crippen LogP contribution is 2.05. The summed E-state index contributed by atoms with van der Waals surface area (Å²) in [6, 6.07) is 13.0. The molecule has 1 aromatic heterocycles. The second kappa shape index (κ2) is 6.35. The van der Waals surface area contributed by atoms with Gasteiger partial charge in [0, 0.05) is 12.4 Å². The van der Waals surface area contributed by atoms with E-state index >= 15 is 0 Å². The van der Waals surface area contributed by atoms with Crippen LogP contribution in [0.2, 0.25) is 0 Å². The number of nitrogens with zero attached hydrogens (tertiary/aromatic N) is 1. The van der Waals surface area contributed by atoms with Gasteiger partial charge in [-0.25, -0.2) is 9.78 Å². The van der Waals surface area contributed by atoms with Crippen molar-refractivity contribution in [1.29, 1.82) is 0 Å². The van der Waals surface area contributed by atoms with E-state index in [1.165, 1.54) is 5.56 Å². The fraction of sp³-hybridized carbons (Fsp3) is 0.0667. The van der Waals surface area contributed by atoms with Crippen LogP contribution in [0, 0.1) is 6.92 Å². The molecule has 0 saturated carbocycles. The van der Waals surface area contributed by atoms with Gasteiger partial charge in [-0.15, -0.1) is 0 Å². The van der Waals surface area contributed by atoms with Crippen molar-refractivity contribution in [1.82, 2.24) is 10.3 Å². The van der Waals surface area contributed by atoms with Crippen molar-refractivity contribution in [2.45, 2.75) is 6.92 Å². The number of benzene rings is 1. The number of rotatable bonds is 3. The van der Waals surface area contributed by atoms with Crippen LogP contribution >= 0.6 is 0 Å². The highest BCUT2D eigenvalue weighted by atomic mass is 16.2. The van der Waals surface area contributed by atoms with E-state index in [4.69, 9.17) is 0 Å². The van der Waals surface area contributed by atoms with Crippen LogP contribution in [0.4, 0.5) is 10.6 Å². The molecule has 2 N–H and O–H groups in total. The maximum atomic E-state index is 11.6. The number of carbonyl (C=O) groups excluding carboxylic acids is 1. The Balaban J connectivity index is 1.87. The smallest absolute Gasteiger partial charge is 0.314 e. The number of urea groups is 1. The Bertz CT molecular complexity index is 579. The number of hydrogen-bond acceptors (Lipinski definition) is 2. The zero-order valence-corrected chi connectivity index (χ0v) is 10.6. The number of hydrogen-bond donors (Lipinski definition) is 2. The Morgan fingerprint density at radius 3 is 2.84 bits per heavy atom. The summed E-state index contributed by atoms with van der Waals surface area (Å²) in [7, 11) is 0. The Hall–Kier alpha value is -2.62.